The zero-order valence-corrected chi connectivity index (χ0v) is 10.1. The van der Waals surface area contributed by atoms with E-state index >= 15 is 0 Å². The Labute approximate surface area is 89.2 Å². The third-order valence-corrected chi connectivity index (χ3v) is 2.47. The second-order valence-corrected chi connectivity index (χ2v) is 4.29. The van der Waals surface area contributed by atoms with Gasteiger partial charge in [-0.1, -0.05) is 33.6 Å². The van der Waals surface area contributed by atoms with Crippen molar-refractivity contribution in [2.24, 2.45) is 11.7 Å². The number of nitrogens with two attached hydrogens (primary N) is 1. The minimum absolute atomic E-state index is 0.327. The zero-order valence-electron chi connectivity index (χ0n) is 10.1. The molecular formula is C12H27NO. The third kappa shape index (κ3) is 8.52. The average molecular weight is 201 g/mol. The van der Waals surface area contributed by atoms with Crippen molar-refractivity contribution in [1.29, 1.82) is 0 Å². The van der Waals surface area contributed by atoms with Gasteiger partial charge >= 0.3 is 0 Å². The van der Waals surface area contributed by atoms with E-state index in [0.717, 1.165) is 38.4 Å². The lowest BCUT2D eigenvalue weighted by molar-refractivity contribution is 0.125. The summed E-state index contributed by atoms with van der Waals surface area (Å²) in [6.07, 6.45) is 5.81. The van der Waals surface area contributed by atoms with E-state index in [1.54, 1.807) is 0 Å². The molecule has 0 fully saturated rings. The first-order valence-corrected chi connectivity index (χ1v) is 6.04. The van der Waals surface area contributed by atoms with Gasteiger partial charge in [-0.15, -0.1) is 0 Å². The van der Waals surface area contributed by atoms with Gasteiger partial charge in [-0.2, -0.15) is 0 Å². The first kappa shape index (κ1) is 13.9. The first-order chi connectivity index (χ1) is 6.70. The normalized spacial score (nSPS) is 15.4. The molecule has 0 aliphatic heterocycles. The van der Waals surface area contributed by atoms with Gasteiger partial charge in [0.2, 0.25) is 0 Å². The van der Waals surface area contributed by atoms with Crippen molar-refractivity contribution in [1.82, 2.24) is 0 Å². The fourth-order valence-electron chi connectivity index (χ4n) is 1.73. The molecule has 0 heterocycles. The maximum absolute atomic E-state index is 6.01. The van der Waals surface area contributed by atoms with Gasteiger partial charge in [-0.05, 0) is 25.2 Å². The molecule has 0 saturated heterocycles. The summed E-state index contributed by atoms with van der Waals surface area (Å²) in [7, 11) is 0. The van der Waals surface area contributed by atoms with Crippen LogP contribution in [0.5, 0.6) is 0 Å². The lowest BCUT2D eigenvalue weighted by Gasteiger charge is -2.16. The molecule has 2 atom stereocenters. The Kier molecular flexibility index (Phi) is 9.42. The number of ether oxygens (including phenoxy) is 1. The highest BCUT2D eigenvalue weighted by molar-refractivity contribution is 4.65. The number of rotatable bonds is 9. The lowest BCUT2D eigenvalue weighted by Crippen LogP contribution is -2.24. The molecule has 0 amide bonds. The van der Waals surface area contributed by atoms with Gasteiger partial charge in [0.05, 0.1) is 0 Å². The molecule has 0 bridgehead atoms. The maximum atomic E-state index is 6.01. The number of hydrogen-bond donors (Lipinski definition) is 1. The fraction of sp³-hybridized carbons (Fsp3) is 1.00. The standard InChI is InChI=1S/C12H27NO/c1-4-6-11(3)10-12(13)7-9-14-8-5-2/h11-12H,4-10,13H2,1-3H3. The summed E-state index contributed by atoms with van der Waals surface area (Å²) < 4.78 is 5.41. The maximum Gasteiger partial charge on any atom is 0.0480 e. The molecule has 86 valence electrons. The quantitative estimate of drug-likeness (QED) is 0.582. The van der Waals surface area contributed by atoms with Gasteiger partial charge in [0.15, 0.2) is 0 Å². The summed E-state index contributed by atoms with van der Waals surface area (Å²) in [5.74, 6) is 0.765. The first-order valence-electron chi connectivity index (χ1n) is 6.04. The van der Waals surface area contributed by atoms with Crippen LogP contribution in [0.4, 0.5) is 0 Å². The van der Waals surface area contributed by atoms with Gasteiger partial charge in [0.1, 0.15) is 0 Å². The molecule has 0 aromatic carbocycles. The summed E-state index contributed by atoms with van der Waals surface area (Å²) >= 11 is 0. The molecular weight excluding hydrogens is 174 g/mol. The zero-order chi connectivity index (χ0) is 10.8. The molecule has 2 nitrogen and oxygen atoms in total. The van der Waals surface area contributed by atoms with Crippen LogP contribution in [0.2, 0.25) is 0 Å². The molecule has 2 N–H and O–H groups in total. The van der Waals surface area contributed by atoms with Crippen LogP contribution in [0.25, 0.3) is 0 Å². The van der Waals surface area contributed by atoms with Gasteiger partial charge in [-0.25, -0.2) is 0 Å². The molecule has 0 aliphatic carbocycles. The van der Waals surface area contributed by atoms with E-state index in [4.69, 9.17) is 10.5 Å². The van der Waals surface area contributed by atoms with Gasteiger partial charge in [-0.3, -0.25) is 0 Å². The van der Waals surface area contributed by atoms with Crippen molar-refractivity contribution >= 4 is 0 Å². The van der Waals surface area contributed by atoms with E-state index in [1.165, 1.54) is 12.8 Å². The molecule has 2 heteroatoms. The molecule has 2 unspecified atom stereocenters. The Balaban J connectivity index is 3.30. The fourth-order valence-corrected chi connectivity index (χ4v) is 1.73. The Morgan fingerprint density at radius 3 is 2.36 bits per heavy atom. The molecule has 0 aliphatic rings. The highest BCUT2D eigenvalue weighted by Crippen LogP contribution is 2.12. The Hall–Kier alpha value is -0.0800. The van der Waals surface area contributed by atoms with Crippen LogP contribution in [0.15, 0.2) is 0 Å². The molecule has 0 spiro atoms. The van der Waals surface area contributed by atoms with Crippen LogP contribution in [-0.2, 0) is 4.74 Å². The molecule has 0 rings (SSSR count). The molecule has 0 aromatic rings. The van der Waals surface area contributed by atoms with Crippen molar-refractivity contribution in [3.63, 3.8) is 0 Å². The van der Waals surface area contributed by atoms with E-state index in [2.05, 4.69) is 20.8 Å². The van der Waals surface area contributed by atoms with E-state index in [9.17, 15) is 0 Å². The van der Waals surface area contributed by atoms with Crippen molar-refractivity contribution in [3.05, 3.63) is 0 Å². The minimum Gasteiger partial charge on any atom is -0.381 e. The predicted molar refractivity (Wildman–Crippen MR) is 62.4 cm³/mol. The summed E-state index contributed by atoms with van der Waals surface area (Å²) in [6, 6.07) is 0.327. The monoisotopic (exact) mass is 201 g/mol. The molecule has 14 heavy (non-hydrogen) atoms. The van der Waals surface area contributed by atoms with E-state index < -0.39 is 0 Å². The minimum atomic E-state index is 0.327. The topological polar surface area (TPSA) is 35.2 Å². The van der Waals surface area contributed by atoms with E-state index in [1.807, 2.05) is 0 Å². The second-order valence-electron chi connectivity index (χ2n) is 4.29. The van der Waals surface area contributed by atoms with Crippen molar-refractivity contribution in [3.8, 4) is 0 Å². The molecule has 0 radical (unpaired) electrons. The van der Waals surface area contributed by atoms with Crippen LogP contribution in [-0.4, -0.2) is 19.3 Å². The lowest BCUT2D eigenvalue weighted by atomic mass is 9.96. The third-order valence-electron chi connectivity index (χ3n) is 2.47. The highest BCUT2D eigenvalue weighted by Gasteiger charge is 2.07. The Morgan fingerprint density at radius 2 is 1.79 bits per heavy atom. The smallest absolute Gasteiger partial charge is 0.0480 e. The highest BCUT2D eigenvalue weighted by atomic mass is 16.5. The summed E-state index contributed by atoms with van der Waals surface area (Å²) in [5, 5.41) is 0. The van der Waals surface area contributed by atoms with Crippen molar-refractivity contribution in [2.75, 3.05) is 13.2 Å². The van der Waals surface area contributed by atoms with Gasteiger partial charge in [0.25, 0.3) is 0 Å². The van der Waals surface area contributed by atoms with Crippen LogP contribution in [0.3, 0.4) is 0 Å². The van der Waals surface area contributed by atoms with E-state index in [-0.39, 0.29) is 0 Å². The van der Waals surface area contributed by atoms with Gasteiger partial charge in [0, 0.05) is 19.3 Å². The van der Waals surface area contributed by atoms with E-state index in [0.29, 0.717) is 6.04 Å². The summed E-state index contributed by atoms with van der Waals surface area (Å²) in [6.45, 7) is 8.34. The molecule has 0 saturated carbocycles. The van der Waals surface area contributed by atoms with Crippen LogP contribution in [0.1, 0.15) is 52.9 Å². The van der Waals surface area contributed by atoms with Crippen molar-refractivity contribution in [2.45, 2.75) is 58.9 Å². The summed E-state index contributed by atoms with van der Waals surface area (Å²) in [5.41, 5.74) is 6.01. The number of hydrogen-bond acceptors (Lipinski definition) is 2. The van der Waals surface area contributed by atoms with Gasteiger partial charge < -0.3 is 10.5 Å². The Bertz CT molecular complexity index is 117. The van der Waals surface area contributed by atoms with Crippen LogP contribution in [0, 0.1) is 5.92 Å². The Morgan fingerprint density at radius 1 is 1.07 bits per heavy atom. The second kappa shape index (κ2) is 9.47. The summed E-state index contributed by atoms with van der Waals surface area (Å²) in [4.78, 5) is 0. The van der Waals surface area contributed by atoms with Crippen molar-refractivity contribution < 1.29 is 4.74 Å². The predicted octanol–water partition coefficient (Wildman–Crippen LogP) is 2.96. The van der Waals surface area contributed by atoms with Crippen LogP contribution < -0.4 is 5.73 Å². The largest absolute Gasteiger partial charge is 0.381 e. The average Bonchev–Trinajstić information content (AvgIpc) is 2.13. The van der Waals surface area contributed by atoms with Crippen LogP contribution >= 0.6 is 0 Å². The SMILES string of the molecule is CCCOCCC(N)CC(C)CCC. The molecule has 0 aromatic heterocycles.